The Hall–Kier alpha value is -3.63. The van der Waals surface area contributed by atoms with Crippen LogP contribution in [0.5, 0.6) is 0 Å². The van der Waals surface area contributed by atoms with Gasteiger partial charge in [-0.2, -0.15) is 15.3 Å². The first kappa shape index (κ1) is 21.2. The number of alkyl halides is 2. The topological polar surface area (TPSA) is 86.1 Å². The van der Waals surface area contributed by atoms with Gasteiger partial charge in [0.1, 0.15) is 11.9 Å². The fraction of sp³-hybridized carbons (Fsp3) is 0.409. The highest BCUT2D eigenvalue weighted by atomic mass is 19.3. The number of carbonyl (C=O) groups is 1. The van der Waals surface area contributed by atoms with Gasteiger partial charge in [0.15, 0.2) is 11.3 Å². The van der Waals surface area contributed by atoms with Crippen molar-refractivity contribution in [2.45, 2.75) is 52.6 Å². The van der Waals surface area contributed by atoms with Crippen molar-refractivity contribution in [3.8, 4) is 11.3 Å². The van der Waals surface area contributed by atoms with Crippen LogP contribution < -0.4 is 4.90 Å². The predicted molar refractivity (Wildman–Crippen MR) is 118 cm³/mol. The number of hydrogen-bond acceptors (Lipinski definition) is 5. The summed E-state index contributed by atoms with van der Waals surface area (Å²) in [6.45, 7) is 7.37. The maximum Gasteiger partial charge on any atom is 0.280 e. The van der Waals surface area contributed by atoms with Crippen molar-refractivity contribution >= 4 is 17.4 Å². The third-order valence-electron chi connectivity index (χ3n) is 6.27. The lowest BCUT2D eigenvalue weighted by Crippen LogP contribution is -2.46. The van der Waals surface area contributed by atoms with Gasteiger partial charge in [0.05, 0.1) is 17.1 Å². The first-order valence-electron chi connectivity index (χ1n) is 10.7. The van der Waals surface area contributed by atoms with E-state index in [0.29, 0.717) is 17.2 Å². The van der Waals surface area contributed by atoms with Crippen LogP contribution in [-0.2, 0) is 7.05 Å². The highest BCUT2D eigenvalue weighted by Gasteiger charge is 2.39. The lowest BCUT2D eigenvalue weighted by molar-refractivity contribution is 0.0608. The van der Waals surface area contributed by atoms with Gasteiger partial charge in [0.2, 0.25) is 0 Å². The molecule has 0 spiro atoms. The zero-order chi connectivity index (χ0) is 23.6. The maximum atomic E-state index is 13.6. The van der Waals surface area contributed by atoms with E-state index in [1.165, 1.54) is 9.58 Å². The van der Waals surface area contributed by atoms with Gasteiger partial charge in [-0.05, 0) is 40.2 Å². The van der Waals surface area contributed by atoms with Gasteiger partial charge < -0.3 is 0 Å². The van der Waals surface area contributed by atoms with Gasteiger partial charge in [-0.1, -0.05) is 0 Å². The standard InChI is InChI=1S/C22H24F2N8O/c1-11-8-19-30(12(2)9-17(21(23)24)32(19)26-11)22(33)15-10-18-25-7-6-16(31(18)28-15)20-13(3)27-29(5)14(20)4/h6-8,10,12,17,21H,9H2,1-5H3/t12-,17-/m1/s1. The van der Waals surface area contributed by atoms with Crippen LogP contribution in [0.1, 0.15) is 47.0 Å². The van der Waals surface area contributed by atoms with Gasteiger partial charge in [0, 0.05) is 42.7 Å². The van der Waals surface area contributed by atoms with Crippen LogP contribution in [0.2, 0.25) is 0 Å². The summed E-state index contributed by atoms with van der Waals surface area (Å²) in [5, 5.41) is 13.3. The van der Waals surface area contributed by atoms with E-state index in [2.05, 4.69) is 20.3 Å². The molecule has 0 saturated heterocycles. The predicted octanol–water partition coefficient (Wildman–Crippen LogP) is 3.50. The van der Waals surface area contributed by atoms with Crippen molar-refractivity contribution in [3.05, 3.63) is 47.2 Å². The molecule has 0 fully saturated rings. The van der Waals surface area contributed by atoms with E-state index in [1.54, 1.807) is 41.4 Å². The summed E-state index contributed by atoms with van der Waals surface area (Å²) in [6.07, 6.45) is -0.805. The summed E-state index contributed by atoms with van der Waals surface area (Å²) in [7, 11) is 1.87. The Morgan fingerprint density at radius 1 is 1.15 bits per heavy atom. The van der Waals surface area contributed by atoms with Crippen LogP contribution in [0, 0.1) is 20.8 Å². The molecule has 5 heterocycles. The Labute approximate surface area is 188 Å². The second-order valence-electron chi connectivity index (χ2n) is 8.55. The molecule has 0 unspecified atom stereocenters. The molecule has 1 amide bonds. The smallest absolute Gasteiger partial charge is 0.280 e. The number of fused-ring (bicyclic) bond motifs is 2. The van der Waals surface area contributed by atoms with Crippen LogP contribution >= 0.6 is 0 Å². The van der Waals surface area contributed by atoms with Crippen molar-refractivity contribution in [1.82, 2.24) is 34.2 Å². The number of nitrogens with zero attached hydrogens (tertiary/aromatic N) is 8. The molecule has 0 aliphatic carbocycles. The molecule has 33 heavy (non-hydrogen) atoms. The number of rotatable bonds is 3. The number of anilines is 1. The van der Waals surface area contributed by atoms with Gasteiger partial charge in [-0.25, -0.2) is 23.0 Å². The van der Waals surface area contributed by atoms with Crippen LogP contribution in [0.15, 0.2) is 24.4 Å². The highest BCUT2D eigenvalue weighted by Crippen LogP contribution is 2.37. The molecule has 0 N–H and O–H groups in total. The van der Waals surface area contributed by atoms with Crippen molar-refractivity contribution in [2.24, 2.45) is 7.05 Å². The molecular weight excluding hydrogens is 430 g/mol. The number of aryl methyl sites for hydroxylation is 3. The van der Waals surface area contributed by atoms with Gasteiger partial charge in [-0.15, -0.1) is 0 Å². The maximum absolute atomic E-state index is 13.6. The lowest BCUT2D eigenvalue weighted by Gasteiger charge is -2.37. The molecule has 1 aliphatic heterocycles. The summed E-state index contributed by atoms with van der Waals surface area (Å²) >= 11 is 0. The number of hydrogen-bond donors (Lipinski definition) is 0. The monoisotopic (exact) mass is 454 g/mol. The first-order valence-corrected chi connectivity index (χ1v) is 10.7. The van der Waals surface area contributed by atoms with Gasteiger partial charge in [-0.3, -0.25) is 14.4 Å². The van der Waals surface area contributed by atoms with Crippen molar-refractivity contribution in [3.63, 3.8) is 0 Å². The molecule has 0 radical (unpaired) electrons. The van der Waals surface area contributed by atoms with Gasteiger partial charge >= 0.3 is 0 Å². The van der Waals surface area contributed by atoms with E-state index in [0.717, 1.165) is 22.6 Å². The molecule has 0 saturated carbocycles. The minimum Gasteiger partial charge on any atom is -0.289 e. The van der Waals surface area contributed by atoms with Crippen LogP contribution in [0.3, 0.4) is 0 Å². The summed E-state index contributed by atoms with van der Waals surface area (Å²) in [5.41, 5.74) is 4.77. The number of amides is 1. The molecule has 9 nitrogen and oxygen atoms in total. The number of halogens is 2. The van der Waals surface area contributed by atoms with Crippen molar-refractivity contribution < 1.29 is 13.6 Å². The summed E-state index contributed by atoms with van der Waals surface area (Å²) < 4.78 is 32.0. The van der Waals surface area contributed by atoms with E-state index < -0.39 is 18.5 Å². The Morgan fingerprint density at radius 3 is 2.58 bits per heavy atom. The molecule has 2 atom stereocenters. The van der Waals surface area contributed by atoms with Crippen LogP contribution in [-0.4, -0.2) is 52.5 Å². The summed E-state index contributed by atoms with van der Waals surface area (Å²) in [6, 6.07) is 3.59. The minimum absolute atomic E-state index is 0.0997. The molecule has 0 aromatic carbocycles. The minimum atomic E-state index is -2.57. The van der Waals surface area contributed by atoms with E-state index in [1.807, 2.05) is 27.0 Å². The molecule has 4 aromatic rings. The lowest BCUT2D eigenvalue weighted by atomic mass is 10.0. The van der Waals surface area contributed by atoms with Crippen LogP contribution in [0.25, 0.3) is 16.9 Å². The number of carbonyl (C=O) groups excluding carboxylic acids is 1. The summed E-state index contributed by atoms with van der Waals surface area (Å²) in [4.78, 5) is 19.5. The molecule has 172 valence electrons. The summed E-state index contributed by atoms with van der Waals surface area (Å²) in [5.74, 6) is -0.0295. The normalized spacial score (nSPS) is 18.4. The van der Waals surface area contributed by atoms with E-state index in [4.69, 9.17) is 0 Å². The van der Waals surface area contributed by atoms with E-state index in [9.17, 15) is 13.6 Å². The van der Waals surface area contributed by atoms with Gasteiger partial charge in [0.25, 0.3) is 12.3 Å². The van der Waals surface area contributed by atoms with Crippen molar-refractivity contribution in [1.29, 1.82) is 0 Å². The molecule has 5 rings (SSSR count). The third kappa shape index (κ3) is 3.21. The van der Waals surface area contributed by atoms with E-state index >= 15 is 0 Å². The largest absolute Gasteiger partial charge is 0.289 e. The molecule has 4 aromatic heterocycles. The Morgan fingerprint density at radius 2 is 1.91 bits per heavy atom. The highest BCUT2D eigenvalue weighted by molar-refractivity contribution is 6.05. The molecular formula is C22H24F2N8O. The fourth-order valence-corrected chi connectivity index (χ4v) is 4.68. The Kier molecular flexibility index (Phi) is 4.80. The average molecular weight is 454 g/mol. The Bertz CT molecular complexity index is 1380. The van der Waals surface area contributed by atoms with E-state index in [-0.39, 0.29) is 18.0 Å². The second-order valence-corrected chi connectivity index (χ2v) is 8.55. The van der Waals surface area contributed by atoms with Crippen molar-refractivity contribution in [2.75, 3.05) is 4.90 Å². The molecule has 11 heteroatoms. The number of aromatic nitrogens is 7. The molecule has 1 aliphatic rings. The first-order chi connectivity index (χ1) is 15.7. The average Bonchev–Trinajstić information content (AvgIpc) is 3.42. The quantitative estimate of drug-likeness (QED) is 0.473. The third-order valence-corrected chi connectivity index (χ3v) is 6.27. The second kappa shape index (κ2) is 7.46. The fourth-order valence-electron chi connectivity index (χ4n) is 4.68. The zero-order valence-corrected chi connectivity index (χ0v) is 19.0. The Balaban J connectivity index is 1.60. The zero-order valence-electron chi connectivity index (χ0n) is 19.0. The van der Waals surface area contributed by atoms with Crippen LogP contribution in [0.4, 0.5) is 14.6 Å². The SMILES string of the molecule is Cc1cc2n(n1)[C@@H](C(F)F)C[C@@H](C)N2C(=O)c1cc2nccc(-c3c(C)nn(C)c3C)n2n1. The molecule has 0 bridgehead atoms.